The van der Waals surface area contributed by atoms with Gasteiger partial charge < -0.3 is 20.3 Å². The molecule has 5 rings (SSSR count). The SMILES string of the molecule is CCOC(=O)NC1CCCCC(N2CCC3(CC2)CN(C(=O)Nc2ccc(F)cc2)c2ccc(F)cc23)C1.[HH]. The smallest absolute Gasteiger partial charge is 0.407 e. The minimum Gasteiger partial charge on any atom is -0.450 e. The standard InChI is InChI=1S/C29H36F2N4O3.H2/c1-2-38-28(37)33-23-5-3-4-6-24(18-23)34-15-13-29(14-16-34)19-35(26-12-9-21(31)17-25(26)29)27(36)32-22-10-7-20(30)8-11-22;/h7-12,17,23-24H,2-6,13-16,18-19H2,1H3,(H,32,36)(H,33,37);1H. The fourth-order valence-corrected chi connectivity index (χ4v) is 6.43. The number of ether oxygens (including phenoxy) is 1. The van der Waals surface area contributed by atoms with Crippen molar-refractivity contribution in [2.24, 2.45) is 0 Å². The maximum absolute atomic E-state index is 14.4. The van der Waals surface area contributed by atoms with Gasteiger partial charge in [-0.3, -0.25) is 4.90 Å². The molecule has 2 aliphatic heterocycles. The highest BCUT2D eigenvalue weighted by atomic mass is 19.1. The van der Waals surface area contributed by atoms with Crippen LogP contribution in [0.4, 0.5) is 29.7 Å². The quantitative estimate of drug-likeness (QED) is 0.475. The second-order valence-corrected chi connectivity index (χ2v) is 10.7. The number of anilines is 2. The third-order valence-corrected chi connectivity index (χ3v) is 8.39. The number of fused-ring (bicyclic) bond motifs is 2. The summed E-state index contributed by atoms with van der Waals surface area (Å²) in [5.74, 6) is -0.671. The molecule has 2 aromatic rings. The van der Waals surface area contributed by atoms with Gasteiger partial charge in [0.25, 0.3) is 0 Å². The van der Waals surface area contributed by atoms with Crippen LogP contribution in [0.3, 0.4) is 0 Å². The van der Waals surface area contributed by atoms with Crippen molar-refractivity contribution in [1.82, 2.24) is 10.2 Å². The van der Waals surface area contributed by atoms with Gasteiger partial charge in [0.1, 0.15) is 11.6 Å². The summed E-state index contributed by atoms with van der Waals surface area (Å²) in [5.41, 5.74) is 1.80. The Labute approximate surface area is 224 Å². The summed E-state index contributed by atoms with van der Waals surface area (Å²) in [6.07, 6.45) is 6.42. The minimum atomic E-state index is -0.368. The number of nitrogens with one attached hydrogen (secondary N) is 2. The number of piperidine rings is 1. The number of alkyl carbamates (subject to hydrolysis) is 1. The first kappa shape index (κ1) is 26.4. The van der Waals surface area contributed by atoms with E-state index in [1.807, 2.05) is 0 Å². The van der Waals surface area contributed by atoms with Crippen LogP contribution in [0, 0.1) is 11.6 Å². The van der Waals surface area contributed by atoms with E-state index in [-0.39, 0.29) is 36.6 Å². The Hall–Kier alpha value is -3.20. The third kappa shape index (κ3) is 5.62. The zero-order valence-electron chi connectivity index (χ0n) is 21.8. The van der Waals surface area contributed by atoms with Crippen molar-refractivity contribution in [3.8, 4) is 0 Å². The Bertz CT molecular complexity index is 1160. The topological polar surface area (TPSA) is 73.9 Å². The van der Waals surface area contributed by atoms with Crippen molar-refractivity contribution in [3.63, 3.8) is 0 Å². The molecule has 2 aromatic carbocycles. The first-order valence-corrected chi connectivity index (χ1v) is 13.7. The van der Waals surface area contributed by atoms with Crippen molar-refractivity contribution in [2.45, 2.75) is 69.4 Å². The molecule has 0 radical (unpaired) electrons. The number of rotatable bonds is 4. The number of likely N-dealkylation sites (tertiary alicyclic amines) is 1. The predicted octanol–water partition coefficient (Wildman–Crippen LogP) is 6.04. The Kier molecular flexibility index (Phi) is 7.83. The van der Waals surface area contributed by atoms with Gasteiger partial charge in [-0.15, -0.1) is 0 Å². The number of carbonyl (C=O) groups is 2. The molecule has 2 fully saturated rings. The van der Waals surface area contributed by atoms with Crippen LogP contribution in [0.15, 0.2) is 42.5 Å². The molecule has 9 heteroatoms. The number of urea groups is 1. The van der Waals surface area contributed by atoms with Gasteiger partial charge in [-0.1, -0.05) is 12.8 Å². The molecule has 2 atom stereocenters. The van der Waals surface area contributed by atoms with Crippen LogP contribution >= 0.6 is 0 Å². The van der Waals surface area contributed by atoms with E-state index in [1.165, 1.54) is 30.3 Å². The van der Waals surface area contributed by atoms with Crippen molar-refractivity contribution >= 4 is 23.5 Å². The molecule has 1 saturated carbocycles. The molecule has 3 amide bonds. The van der Waals surface area contributed by atoms with E-state index in [0.29, 0.717) is 24.9 Å². The van der Waals surface area contributed by atoms with E-state index in [1.54, 1.807) is 24.0 Å². The fraction of sp³-hybridized carbons (Fsp3) is 0.517. The zero-order valence-corrected chi connectivity index (χ0v) is 21.8. The number of benzene rings is 2. The van der Waals surface area contributed by atoms with Gasteiger partial charge >= 0.3 is 12.1 Å². The molecule has 0 bridgehead atoms. The van der Waals surface area contributed by atoms with Crippen molar-refractivity contribution in [1.29, 1.82) is 0 Å². The first-order valence-electron chi connectivity index (χ1n) is 13.7. The molecule has 38 heavy (non-hydrogen) atoms. The Morgan fingerprint density at radius 3 is 2.50 bits per heavy atom. The van der Waals surface area contributed by atoms with Gasteiger partial charge in [-0.05, 0) is 100 Å². The molecule has 1 spiro atoms. The van der Waals surface area contributed by atoms with E-state index in [9.17, 15) is 18.4 Å². The lowest BCUT2D eigenvalue weighted by atomic mass is 9.74. The second-order valence-electron chi connectivity index (χ2n) is 10.7. The van der Waals surface area contributed by atoms with Crippen molar-refractivity contribution in [3.05, 3.63) is 59.7 Å². The summed E-state index contributed by atoms with van der Waals surface area (Å²) in [6, 6.07) is 10.5. The molecule has 7 nitrogen and oxygen atoms in total. The Morgan fingerprint density at radius 1 is 1.05 bits per heavy atom. The highest BCUT2D eigenvalue weighted by molar-refractivity contribution is 6.03. The summed E-state index contributed by atoms with van der Waals surface area (Å²) in [5, 5.41) is 5.89. The molecule has 206 valence electrons. The second kappa shape index (κ2) is 11.3. The summed E-state index contributed by atoms with van der Waals surface area (Å²) in [6.45, 7) is 4.33. The average molecular weight is 529 g/mol. The van der Waals surface area contributed by atoms with E-state index < -0.39 is 0 Å². The lowest BCUT2D eigenvalue weighted by molar-refractivity contribution is 0.103. The molecule has 0 aromatic heterocycles. The van der Waals surface area contributed by atoms with Crippen LogP contribution in [0.5, 0.6) is 0 Å². The number of hydrogen-bond acceptors (Lipinski definition) is 4. The predicted molar refractivity (Wildman–Crippen MR) is 145 cm³/mol. The van der Waals surface area contributed by atoms with Gasteiger partial charge in [-0.25, -0.2) is 18.4 Å². The zero-order chi connectivity index (χ0) is 26.7. The summed E-state index contributed by atoms with van der Waals surface area (Å²) < 4.78 is 32.8. The molecule has 2 heterocycles. The van der Waals surface area contributed by atoms with E-state index in [4.69, 9.17) is 4.74 Å². The van der Waals surface area contributed by atoms with Gasteiger partial charge in [0.05, 0.1) is 6.61 Å². The van der Waals surface area contributed by atoms with Crippen molar-refractivity contribution < 1.29 is 24.5 Å². The van der Waals surface area contributed by atoms with Gasteiger partial charge in [0, 0.05) is 36.8 Å². The fourth-order valence-electron chi connectivity index (χ4n) is 6.43. The Morgan fingerprint density at radius 2 is 1.76 bits per heavy atom. The van der Waals surface area contributed by atoms with Crippen molar-refractivity contribution in [2.75, 3.05) is 36.5 Å². The van der Waals surface area contributed by atoms with E-state index >= 15 is 0 Å². The van der Waals surface area contributed by atoms with Crippen LogP contribution in [-0.2, 0) is 10.2 Å². The minimum absolute atomic E-state index is 0. The monoisotopic (exact) mass is 528 g/mol. The summed E-state index contributed by atoms with van der Waals surface area (Å²) >= 11 is 0. The highest BCUT2D eigenvalue weighted by Gasteiger charge is 2.47. The number of amides is 3. The maximum atomic E-state index is 14.4. The average Bonchev–Trinajstić information content (AvgIpc) is 3.03. The van der Waals surface area contributed by atoms with Gasteiger partial charge in [0.2, 0.25) is 0 Å². The highest BCUT2D eigenvalue weighted by Crippen LogP contribution is 2.48. The molecule has 3 aliphatic rings. The van der Waals surface area contributed by atoms with Gasteiger partial charge in [0.15, 0.2) is 0 Å². The normalized spacial score (nSPS) is 23.0. The Balaban J connectivity index is 0.00000353. The van der Waals surface area contributed by atoms with E-state index in [0.717, 1.165) is 69.3 Å². The van der Waals surface area contributed by atoms with Crippen LogP contribution in [0.1, 0.15) is 58.9 Å². The maximum Gasteiger partial charge on any atom is 0.407 e. The molecular weight excluding hydrogens is 490 g/mol. The summed E-state index contributed by atoms with van der Waals surface area (Å²) in [7, 11) is 0. The van der Waals surface area contributed by atoms with Crippen LogP contribution in [-0.4, -0.2) is 55.3 Å². The number of hydrogen-bond donors (Lipinski definition) is 2. The summed E-state index contributed by atoms with van der Waals surface area (Å²) in [4.78, 5) is 29.5. The van der Waals surface area contributed by atoms with Crippen LogP contribution < -0.4 is 15.5 Å². The molecule has 1 aliphatic carbocycles. The molecule has 2 unspecified atom stereocenters. The largest absolute Gasteiger partial charge is 0.450 e. The number of carbonyl (C=O) groups excluding carboxylic acids is 2. The first-order chi connectivity index (χ1) is 18.4. The van der Waals surface area contributed by atoms with E-state index in [2.05, 4.69) is 15.5 Å². The lowest BCUT2D eigenvalue weighted by Crippen LogP contribution is -2.50. The number of nitrogens with zero attached hydrogens (tertiary/aromatic N) is 2. The lowest BCUT2D eigenvalue weighted by Gasteiger charge is -2.43. The molecule has 1 saturated heterocycles. The van der Waals surface area contributed by atoms with Crippen LogP contribution in [0.2, 0.25) is 0 Å². The number of halogens is 2. The third-order valence-electron chi connectivity index (χ3n) is 8.39. The molecular formula is C29H38F2N4O3. The van der Waals surface area contributed by atoms with Crippen LogP contribution in [0.25, 0.3) is 0 Å². The molecule has 2 N–H and O–H groups in total. The van der Waals surface area contributed by atoms with Gasteiger partial charge in [-0.2, -0.15) is 0 Å².